The zero-order valence-electron chi connectivity index (χ0n) is 16.0. The van der Waals surface area contributed by atoms with E-state index in [1.165, 1.54) is 17.9 Å². The second-order valence-electron chi connectivity index (χ2n) is 7.30. The van der Waals surface area contributed by atoms with Crippen LogP contribution in [0.1, 0.15) is 20.3 Å². The molecule has 1 aromatic rings. The van der Waals surface area contributed by atoms with Gasteiger partial charge in [-0.25, -0.2) is 9.18 Å². The standard InChI is InChI=1S/C19H27FN4O3/c1-12-10-23(7-6-17(12)21-3)18-5-4-14(8-16(18)20)24-11-15(27-19(24)26)9-22-13(2)25/h4-5,8,12,15,17,21H,6-7,9-11H2,1-3H3,(H,22,25)/t12?,15-,17?/m0/s1. The first-order valence-corrected chi connectivity index (χ1v) is 9.33. The van der Waals surface area contributed by atoms with E-state index in [2.05, 4.69) is 22.5 Å². The number of hydrogen-bond donors (Lipinski definition) is 2. The summed E-state index contributed by atoms with van der Waals surface area (Å²) in [7, 11) is 1.96. The summed E-state index contributed by atoms with van der Waals surface area (Å²) in [6.45, 7) is 5.67. The van der Waals surface area contributed by atoms with Crippen molar-refractivity contribution in [3.05, 3.63) is 24.0 Å². The Balaban J connectivity index is 1.68. The molecule has 27 heavy (non-hydrogen) atoms. The minimum atomic E-state index is -0.527. The van der Waals surface area contributed by atoms with Crippen LogP contribution in [0.4, 0.5) is 20.6 Å². The number of carbonyl (C=O) groups is 2. The van der Waals surface area contributed by atoms with E-state index in [1.807, 2.05) is 7.05 Å². The molecule has 0 spiro atoms. The van der Waals surface area contributed by atoms with Crippen molar-refractivity contribution in [2.75, 3.05) is 43.0 Å². The number of rotatable bonds is 5. The van der Waals surface area contributed by atoms with Crippen LogP contribution in [0, 0.1) is 11.7 Å². The normalized spacial score (nSPS) is 25.5. The van der Waals surface area contributed by atoms with Crippen molar-refractivity contribution in [1.82, 2.24) is 10.6 Å². The van der Waals surface area contributed by atoms with Crippen LogP contribution in [0.15, 0.2) is 18.2 Å². The number of nitrogens with one attached hydrogen (secondary N) is 2. The maximum atomic E-state index is 14.8. The lowest BCUT2D eigenvalue weighted by Crippen LogP contribution is -2.47. The maximum Gasteiger partial charge on any atom is 0.414 e. The largest absolute Gasteiger partial charge is 0.442 e. The van der Waals surface area contributed by atoms with Crippen LogP contribution in [0.25, 0.3) is 0 Å². The average molecular weight is 378 g/mol. The zero-order chi connectivity index (χ0) is 19.6. The van der Waals surface area contributed by atoms with Gasteiger partial charge in [-0.3, -0.25) is 9.69 Å². The van der Waals surface area contributed by atoms with Crippen molar-refractivity contribution in [1.29, 1.82) is 0 Å². The summed E-state index contributed by atoms with van der Waals surface area (Å²) in [5.74, 6) is -0.109. The Hall–Kier alpha value is -2.35. The quantitative estimate of drug-likeness (QED) is 0.816. The molecule has 0 aliphatic carbocycles. The van der Waals surface area contributed by atoms with E-state index in [1.54, 1.807) is 12.1 Å². The fourth-order valence-corrected chi connectivity index (χ4v) is 3.81. The molecule has 0 aromatic heterocycles. The number of cyclic esters (lactones) is 1. The minimum Gasteiger partial charge on any atom is -0.442 e. The molecule has 0 saturated carbocycles. The van der Waals surface area contributed by atoms with Crippen molar-refractivity contribution in [2.24, 2.45) is 5.92 Å². The van der Waals surface area contributed by atoms with Crippen LogP contribution in [-0.2, 0) is 9.53 Å². The van der Waals surface area contributed by atoms with Crippen molar-refractivity contribution < 1.29 is 18.7 Å². The minimum absolute atomic E-state index is 0.184. The lowest BCUT2D eigenvalue weighted by Gasteiger charge is -2.38. The number of halogens is 1. The van der Waals surface area contributed by atoms with Crippen molar-refractivity contribution in [3.63, 3.8) is 0 Å². The average Bonchev–Trinajstić information content (AvgIpc) is 3.00. The SMILES string of the molecule is CNC1CCN(c2ccc(N3C[C@H](CNC(C)=O)OC3=O)cc2F)CC1C. The van der Waals surface area contributed by atoms with Crippen LogP contribution >= 0.6 is 0 Å². The molecule has 0 bridgehead atoms. The Bertz CT molecular complexity index is 714. The van der Waals surface area contributed by atoms with E-state index in [4.69, 9.17) is 4.74 Å². The molecule has 3 atom stereocenters. The summed E-state index contributed by atoms with van der Waals surface area (Å²) in [5, 5.41) is 5.94. The number of ether oxygens (including phenoxy) is 1. The summed E-state index contributed by atoms with van der Waals surface area (Å²) < 4.78 is 20.0. The summed E-state index contributed by atoms with van der Waals surface area (Å²) in [6, 6.07) is 5.30. The monoisotopic (exact) mass is 378 g/mol. The lowest BCUT2D eigenvalue weighted by molar-refractivity contribution is -0.119. The Labute approximate surface area is 158 Å². The Kier molecular flexibility index (Phi) is 5.84. The first-order chi connectivity index (χ1) is 12.9. The van der Waals surface area contributed by atoms with E-state index in [0.29, 0.717) is 23.3 Å². The van der Waals surface area contributed by atoms with E-state index < -0.39 is 12.2 Å². The van der Waals surface area contributed by atoms with Gasteiger partial charge >= 0.3 is 6.09 Å². The number of hydrogen-bond acceptors (Lipinski definition) is 5. The maximum absolute atomic E-state index is 14.8. The third-order valence-electron chi connectivity index (χ3n) is 5.31. The lowest BCUT2D eigenvalue weighted by atomic mass is 9.93. The highest BCUT2D eigenvalue weighted by atomic mass is 19.1. The molecule has 148 valence electrons. The Morgan fingerprint density at radius 1 is 1.37 bits per heavy atom. The molecule has 2 N–H and O–H groups in total. The molecule has 1 aromatic carbocycles. The third-order valence-corrected chi connectivity index (χ3v) is 5.31. The molecule has 7 nitrogen and oxygen atoms in total. The van der Waals surface area contributed by atoms with Gasteiger partial charge in [0.1, 0.15) is 11.9 Å². The van der Waals surface area contributed by atoms with Gasteiger partial charge in [0.25, 0.3) is 0 Å². The molecule has 2 aliphatic rings. The molecular formula is C19H27FN4O3. The smallest absolute Gasteiger partial charge is 0.414 e. The molecule has 0 radical (unpaired) electrons. The Morgan fingerprint density at radius 3 is 2.78 bits per heavy atom. The molecule has 2 heterocycles. The highest BCUT2D eigenvalue weighted by molar-refractivity contribution is 5.90. The fourth-order valence-electron chi connectivity index (χ4n) is 3.81. The summed E-state index contributed by atoms with van der Waals surface area (Å²) in [6.07, 6.45) is -0.00573. The topological polar surface area (TPSA) is 73.9 Å². The molecule has 2 unspecified atom stereocenters. The second kappa shape index (κ2) is 8.12. The number of benzene rings is 1. The van der Waals surface area contributed by atoms with Gasteiger partial charge in [-0.2, -0.15) is 0 Å². The third kappa shape index (κ3) is 4.32. The molecule has 2 amide bonds. The van der Waals surface area contributed by atoms with Crippen LogP contribution in [-0.4, -0.2) is 57.4 Å². The van der Waals surface area contributed by atoms with Gasteiger partial charge in [0.15, 0.2) is 0 Å². The second-order valence-corrected chi connectivity index (χ2v) is 7.30. The first-order valence-electron chi connectivity index (χ1n) is 9.33. The fraction of sp³-hybridized carbons (Fsp3) is 0.579. The van der Waals surface area contributed by atoms with E-state index in [0.717, 1.165) is 19.5 Å². The van der Waals surface area contributed by atoms with Gasteiger partial charge in [-0.15, -0.1) is 0 Å². The van der Waals surface area contributed by atoms with Crippen LogP contribution < -0.4 is 20.4 Å². The highest BCUT2D eigenvalue weighted by Crippen LogP contribution is 2.30. The number of amides is 2. The number of piperidine rings is 1. The van der Waals surface area contributed by atoms with Crippen molar-refractivity contribution in [2.45, 2.75) is 32.4 Å². The van der Waals surface area contributed by atoms with E-state index in [9.17, 15) is 14.0 Å². The summed E-state index contributed by atoms with van der Waals surface area (Å²) in [5.41, 5.74) is 1.02. The Morgan fingerprint density at radius 2 is 2.15 bits per heavy atom. The first kappa shape index (κ1) is 19.4. The number of nitrogens with zero attached hydrogens (tertiary/aromatic N) is 2. The molecule has 8 heteroatoms. The number of carbonyl (C=O) groups excluding carboxylic acids is 2. The highest BCUT2D eigenvalue weighted by Gasteiger charge is 2.33. The zero-order valence-corrected chi connectivity index (χ0v) is 16.0. The molecular weight excluding hydrogens is 351 g/mol. The van der Waals surface area contributed by atoms with Gasteiger partial charge in [0, 0.05) is 26.1 Å². The van der Waals surface area contributed by atoms with Gasteiger partial charge < -0.3 is 20.3 Å². The predicted octanol–water partition coefficient (Wildman–Crippen LogP) is 1.72. The summed E-state index contributed by atoms with van der Waals surface area (Å²) >= 11 is 0. The van der Waals surface area contributed by atoms with Gasteiger partial charge in [-0.05, 0) is 37.6 Å². The van der Waals surface area contributed by atoms with Crippen LogP contribution in [0.3, 0.4) is 0 Å². The molecule has 2 fully saturated rings. The van der Waals surface area contributed by atoms with Crippen molar-refractivity contribution >= 4 is 23.4 Å². The molecule has 2 saturated heterocycles. The number of anilines is 2. The molecule has 3 rings (SSSR count). The van der Waals surface area contributed by atoms with Crippen molar-refractivity contribution in [3.8, 4) is 0 Å². The van der Waals surface area contributed by atoms with Gasteiger partial charge in [0.2, 0.25) is 5.91 Å². The van der Waals surface area contributed by atoms with E-state index in [-0.39, 0.29) is 24.8 Å². The molecule has 2 aliphatic heterocycles. The van der Waals surface area contributed by atoms with Gasteiger partial charge in [0.05, 0.1) is 24.5 Å². The summed E-state index contributed by atoms with van der Waals surface area (Å²) in [4.78, 5) is 26.5. The van der Waals surface area contributed by atoms with Crippen LogP contribution in [0.2, 0.25) is 0 Å². The van der Waals surface area contributed by atoms with Gasteiger partial charge in [-0.1, -0.05) is 6.92 Å². The van der Waals surface area contributed by atoms with E-state index >= 15 is 0 Å². The van der Waals surface area contributed by atoms with Crippen LogP contribution in [0.5, 0.6) is 0 Å². The predicted molar refractivity (Wildman–Crippen MR) is 102 cm³/mol.